The highest BCUT2D eigenvalue weighted by Crippen LogP contribution is 2.24. The molecule has 3 aromatic rings. The molecule has 0 saturated carbocycles. The first-order valence-electron chi connectivity index (χ1n) is 6.55. The fourth-order valence-electron chi connectivity index (χ4n) is 2.10. The van der Waals surface area contributed by atoms with Gasteiger partial charge in [-0.05, 0) is 30.2 Å². The van der Waals surface area contributed by atoms with Gasteiger partial charge < -0.3 is 4.74 Å². The van der Waals surface area contributed by atoms with E-state index >= 15 is 0 Å². The Morgan fingerprint density at radius 3 is 2.90 bits per heavy atom. The Labute approximate surface area is 117 Å². The van der Waals surface area contributed by atoms with Crippen LogP contribution in [0.3, 0.4) is 0 Å². The largest absolute Gasteiger partial charge is 0.501 e. The molecule has 0 aliphatic heterocycles. The van der Waals surface area contributed by atoms with Gasteiger partial charge in [-0.25, -0.2) is 0 Å². The zero-order valence-electron chi connectivity index (χ0n) is 11.2. The summed E-state index contributed by atoms with van der Waals surface area (Å²) in [6.45, 7) is 2.62. The summed E-state index contributed by atoms with van der Waals surface area (Å²) in [5.41, 5.74) is 4.08. The fraction of sp³-hybridized carbons (Fsp3) is 0.125. The summed E-state index contributed by atoms with van der Waals surface area (Å²) in [4.78, 5) is 0. The molecule has 3 rings (SSSR count). The number of benzene rings is 1. The minimum absolute atomic E-state index is 0.664. The van der Waals surface area contributed by atoms with Gasteiger partial charge in [-0.1, -0.05) is 30.3 Å². The van der Waals surface area contributed by atoms with Crippen molar-refractivity contribution in [2.45, 2.75) is 6.92 Å². The van der Waals surface area contributed by atoms with Crippen molar-refractivity contribution in [1.82, 2.24) is 14.6 Å². The van der Waals surface area contributed by atoms with Crippen molar-refractivity contribution in [3.05, 3.63) is 60.7 Å². The second-order valence-corrected chi connectivity index (χ2v) is 4.37. The molecule has 0 amide bonds. The van der Waals surface area contributed by atoms with Crippen molar-refractivity contribution >= 4 is 11.7 Å². The van der Waals surface area contributed by atoms with Crippen LogP contribution < -0.4 is 0 Å². The molecule has 1 aromatic carbocycles. The Morgan fingerprint density at radius 1 is 1.25 bits per heavy atom. The van der Waals surface area contributed by atoms with E-state index < -0.39 is 0 Å². The van der Waals surface area contributed by atoms with Gasteiger partial charge in [0.15, 0.2) is 5.65 Å². The number of ether oxygens (including phenoxy) is 1. The highest BCUT2D eigenvalue weighted by atomic mass is 16.5. The lowest BCUT2D eigenvalue weighted by Crippen LogP contribution is -1.90. The molecule has 100 valence electrons. The zero-order valence-corrected chi connectivity index (χ0v) is 11.2. The first-order chi connectivity index (χ1) is 9.88. The van der Waals surface area contributed by atoms with Gasteiger partial charge in [0, 0.05) is 11.8 Å². The molecule has 0 N–H and O–H groups in total. The molecule has 0 saturated heterocycles. The molecule has 0 bridgehead atoms. The average molecular weight is 265 g/mol. The van der Waals surface area contributed by atoms with Crippen molar-refractivity contribution < 1.29 is 4.74 Å². The predicted octanol–water partition coefficient (Wildman–Crippen LogP) is 3.40. The van der Waals surface area contributed by atoms with Crippen LogP contribution in [0, 0.1) is 0 Å². The summed E-state index contributed by atoms with van der Waals surface area (Å²) in [7, 11) is 0. The van der Waals surface area contributed by atoms with Gasteiger partial charge in [0.25, 0.3) is 0 Å². The summed E-state index contributed by atoms with van der Waals surface area (Å²) in [6.07, 6.45) is 7.34. The Hall–Kier alpha value is -2.62. The van der Waals surface area contributed by atoms with Gasteiger partial charge in [0.1, 0.15) is 6.33 Å². The van der Waals surface area contributed by atoms with Crippen molar-refractivity contribution in [2.75, 3.05) is 6.61 Å². The van der Waals surface area contributed by atoms with E-state index in [-0.39, 0.29) is 0 Å². The summed E-state index contributed by atoms with van der Waals surface area (Å²) < 4.78 is 7.18. The topological polar surface area (TPSA) is 39.4 Å². The molecule has 2 heterocycles. The van der Waals surface area contributed by atoms with Crippen molar-refractivity contribution in [1.29, 1.82) is 0 Å². The van der Waals surface area contributed by atoms with E-state index in [1.807, 2.05) is 41.8 Å². The Morgan fingerprint density at radius 2 is 2.10 bits per heavy atom. The first-order valence-corrected chi connectivity index (χ1v) is 6.55. The molecule has 2 aromatic heterocycles. The highest BCUT2D eigenvalue weighted by molar-refractivity contribution is 5.79. The fourth-order valence-corrected chi connectivity index (χ4v) is 2.10. The predicted molar refractivity (Wildman–Crippen MR) is 79.1 cm³/mol. The maximum atomic E-state index is 5.26. The summed E-state index contributed by atoms with van der Waals surface area (Å²) in [6, 6.07) is 12.3. The maximum absolute atomic E-state index is 5.26. The van der Waals surface area contributed by atoms with Crippen LogP contribution >= 0.6 is 0 Å². The monoisotopic (exact) mass is 265 g/mol. The van der Waals surface area contributed by atoms with E-state index in [0.717, 1.165) is 22.3 Å². The minimum atomic E-state index is 0.664. The highest BCUT2D eigenvalue weighted by Gasteiger charge is 2.07. The zero-order chi connectivity index (χ0) is 13.8. The molecule has 0 spiro atoms. The Balaban J connectivity index is 2.12. The quantitative estimate of drug-likeness (QED) is 0.679. The molecular weight excluding hydrogens is 250 g/mol. The summed E-state index contributed by atoms with van der Waals surface area (Å²) >= 11 is 0. The lowest BCUT2D eigenvalue weighted by Gasteiger charge is -2.05. The van der Waals surface area contributed by atoms with Crippen LogP contribution in [0.15, 0.2) is 55.2 Å². The van der Waals surface area contributed by atoms with Crippen LogP contribution in [0.2, 0.25) is 0 Å². The van der Waals surface area contributed by atoms with E-state index in [4.69, 9.17) is 4.74 Å². The second kappa shape index (κ2) is 5.57. The Kier molecular flexibility index (Phi) is 3.46. The average Bonchev–Trinajstić information content (AvgIpc) is 2.96. The molecule has 0 radical (unpaired) electrons. The third-order valence-electron chi connectivity index (χ3n) is 3.02. The van der Waals surface area contributed by atoms with Gasteiger partial charge in [0.2, 0.25) is 0 Å². The Bertz CT molecular complexity index is 732. The second-order valence-electron chi connectivity index (χ2n) is 4.37. The van der Waals surface area contributed by atoms with Gasteiger partial charge in [-0.15, -0.1) is 10.2 Å². The molecule has 0 aliphatic rings. The molecule has 0 unspecified atom stereocenters. The van der Waals surface area contributed by atoms with Crippen molar-refractivity contribution in [2.24, 2.45) is 0 Å². The van der Waals surface area contributed by atoms with Gasteiger partial charge >= 0.3 is 0 Å². The molecule has 0 fully saturated rings. The molecule has 4 nitrogen and oxygen atoms in total. The van der Waals surface area contributed by atoms with Crippen LogP contribution in [-0.2, 0) is 4.74 Å². The van der Waals surface area contributed by atoms with Crippen LogP contribution in [0.1, 0.15) is 12.5 Å². The van der Waals surface area contributed by atoms with Crippen LogP contribution in [0.25, 0.3) is 22.9 Å². The minimum Gasteiger partial charge on any atom is -0.501 e. The lowest BCUT2D eigenvalue weighted by atomic mass is 10.1. The number of fused-ring (bicyclic) bond motifs is 1. The van der Waals surface area contributed by atoms with E-state index in [0.29, 0.717) is 6.61 Å². The number of hydrogen-bond donors (Lipinski definition) is 0. The van der Waals surface area contributed by atoms with Crippen molar-refractivity contribution in [3.63, 3.8) is 0 Å². The van der Waals surface area contributed by atoms with Gasteiger partial charge in [0.05, 0.1) is 12.9 Å². The van der Waals surface area contributed by atoms with E-state index in [2.05, 4.69) is 28.4 Å². The van der Waals surface area contributed by atoms with Gasteiger partial charge in [-0.3, -0.25) is 4.40 Å². The van der Waals surface area contributed by atoms with Crippen LogP contribution in [0.5, 0.6) is 0 Å². The number of nitrogens with zero attached hydrogens (tertiary/aromatic N) is 3. The molecule has 4 heteroatoms. The smallest absolute Gasteiger partial charge is 0.168 e. The van der Waals surface area contributed by atoms with Crippen LogP contribution in [-0.4, -0.2) is 21.2 Å². The third kappa shape index (κ3) is 2.40. The van der Waals surface area contributed by atoms with Crippen molar-refractivity contribution in [3.8, 4) is 11.1 Å². The van der Waals surface area contributed by atoms with E-state index in [1.165, 1.54) is 0 Å². The lowest BCUT2D eigenvalue weighted by molar-refractivity contribution is 0.272. The first kappa shape index (κ1) is 12.4. The normalized spacial score (nSPS) is 11.2. The summed E-state index contributed by atoms with van der Waals surface area (Å²) in [5.74, 6) is 0. The number of pyridine rings is 1. The third-order valence-corrected chi connectivity index (χ3v) is 3.02. The van der Waals surface area contributed by atoms with Crippen LogP contribution in [0.4, 0.5) is 0 Å². The number of aromatic nitrogens is 3. The number of hydrogen-bond acceptors (Lipinski definition) is 3. The number of rotatable bonds is 4. The molecular formula is C16H15N3O. The molecule has 20 heavy (non-hydrogen) atoms. The molecule has 0 atom stereocenters. The summed E-state index contributed by atoms with van der Waals surface area (Å²) in [5, 5.41) is 8.17. The molecule has 0 aliphatic carbocycles. The SMILES string of the molecule is CCOC=Cc1cc(-c2ccccc2)c2nncn2c1. The van der Waals surface area contributed by atoms with E-state index in [1.54, 1.807) is 12.6 Å². The standard InChI is InChI=1S/C16H15N3O/c1-2-20-9-8-13-10-15(14-6-4-3-5-7-14)16-18-17-12-19(16)11-13/h3-12H,2H2,1H3. The van der Waals surface area contributed by atoms with Gasteiger partial charge in [-0.2, -0.15) is 0 Å². The van der Waals surface area contributed by atoms with E-state index in [9.17, 15) is 0 Å². The maximum Gasteiger partial charge on any atom is 0.168 e.